The number of carbonyl (C=O) groups is 1. The van der Waals surface area contributed by atoms with Crippen molar-refractivity contribution in [3.63, 3.8) is 0 Å². The molecule has 0 bridgehead atoms. The van der Waals surface area contributed by atoms with E-state index in [0.29, 0.717) is 0 Å². The fraction of sp³-hybridized carbons (Fsp3) is 0.556. The summed E-state index contributed by atoms with van der Waals surface area (Å²) in [5.74, 6) is -0.0835. The molecule has 1 amide bonds. The molecule has 124 valence electrons. The van der Waals surface area contributed by atoms with Gasteiger partial charge in [0.1, 0.15) is 6.04 Å². The molecule has 0 spiro atoms. The molecule has 1 aliphatic rings. The van der Waals surface area contributed by atoms with Gasteiger partial charge in [-0.2, -0.15) is 5.26 Å². The van der Waals surface area contributed by atoms with Gasteiger partial charge in [-0.15, -0.1) is 11.8 Å². The van der Waals surface area contributed by atoms with E-state index in [0.717, 1.165) is 29.8 Å². The summed E-state index contributed by atoms with van der Waals surface area (Å²) in [5, 5.41) is 12.4. The second-order valence-corrected chi connectivity index (χ2v) is 8.12. The highest BCUT2D eigenvalue weighted by Crippen LogP contribution is 2.33. The lowest BCUT2D eigenvalue weighted by atomic mass is 9.87. The molecule has 0 radical (unpaired) electrons. The van der Waals surface area contributed by atoms with E-state index in [9.17, 15) is 10.1 Å². The Morgan fingerprint density at radius 3 is 2.52 bits per heavy atom. The first-order chi connectivity index (χ1) is 10.8. The summed E-state index contributed by atoms with van der Waals surface area (Å²) in [6.07, 6.45) is 6.82. The summed E-state index contributed by atoms with van der Waals surface area (Å²) in [6.45, 7) is 6.51. The maximum atomic E-state index is 12.5. The van der Waals surface area contributed by atoms with Crippen molar-refractivity contribution in [3.8, 4) is 6.19 Å². The lowest BCUT2D eigenvalue weighted by Gasteiger charge is -2.29. The first kappa shape index (κ1) is 17.7. The average molecular weight is 331 g/mol. The number of amides is 1. The molecule has 5 heteroatoms. The van der Waals surface area contributed by atoms with Crippen LogP contribution in [0.5, 0.6) is 0 Å². The number of hydrogen-bond donors (Lipinski definition) is 1. The quantitative estimate of drug-likeness (QED) is 0.667. The highest BCUT2D eigenvalue weighted by atomic mass is 32.2. The number of nitrogens with zero attached hydrogens (tertiary/aromatic N) is 2. The number of hydrogen-bond acceptors (Lipinski definition) is 4. The van der Waals surface area contributed by atoms with E-state index < -0.39 is 0 Å². The number of carbonyl (C=O) groups excluding carboxylic acids is 1. The van der Waals surface area contributed by atoms with Gasteiger partial charge in [-0.05, 0) is 55.2 Å². The molecule has 1 aromatic rings. The Balaban J connectivity index is 2.02. The summed E-state index contributed by atoms with van der Waals surface area (Å²) in [4.78, 5) is 15.4. The van der Waals surface area contributed by atoms with Crippen LogP contribution >= 0.6 is 11.8 Å². The fourth-order valence-electron chi connectivity index (χ4n) is 3.10. The van der Waals surface area contributed by atoms with Crippen LogP contribution in [0.2, 0.25) is 0 Å². The van der Waals surface area contributed by atoms with Crippen molar-refractivity contribution in [2.75, 3.05) is 11.6 Å². The predicted molar refractivity (Wildman–Crippen MR) is 95.2 cm³/mol. The molecule has 2 atom stereocenters. The van der Waals surface area contributed by atoms with Gasteiger partial charge in [0.2, 0.25) is 5.91 Å². The summed E-state index contributed by atoms with van der Waals surface area (Å²) in [7, 11) is 0. The monoisotopic (exact) mass is 331 g/mol. The number of rotatable bonds is 4. The van der Waals surface area contributed by atoms with Crippen molar-refractivity contribution in [2.45, 2.75) is 57.0 Å². The van der Waals surface area contributed by atoms with Crippen LogP contribution < -0.4 is 5.32 Å². The van der Waals surface area contributed by atoms with Crippen LogP contribution in [0, 0.1) is 16.9 Å². The van der Waals surface area contributed by atoms with Gasteiger partial charge in [-0.3, -0.25) is 9.69 Å². The first-order valence-electron chi connectivity index (χ1n) is 7.97. The minimum Gasteiger partial charge on any atom is -0.324 e. The minimum absolute atomic E-state index is 0.0835. The van der Waals surface area contributed by atoms with Gasteiger partial charge in [0.05, 0.1) is 0 Å². The molecule has 2 rings (SSSR count). The van der Waals surface area contributed by atoms with Gasteiger partial charge < -0.3 is 5.32 Å². The Kier molecular flexibility index (Phi) is 5.59. The van der Waals surface area contributed by atoms with E-state index in [2.05, 4.69) is 32.3 Å². The van der Waals surface area contributed by atoms with Crippen molar-refractivity contribution in [1.82, 2.24) is 4.90 Å². The zero-order valence-electron chi connectivity index (χ0n) is 14.3. The van der Waals surface area contributed by atoms with Crippen LogP contribution in [0.3, 0.4) is 0 Å². The Morgan fingerprint density at radius 2 is 2.00 bits per heavy atom. The SMILES string of the molecule is CSc1ccc(NC(=O)C2CCC(CC(C)(C)C)N2C#N)cc1. The van der Waals surface area contributed by atoms with Crippen molar-refractivity contribution in [1.29, 1.82) is 5.26 Å². The lowest BCUT2D eigenvalue weighted by Crippen LogP contribution is -2.41. The normalized spacial score (nSPS) is 21.1. The van der Waals surface area contributed by atoms with Gasteiger partial charge in [0, 0.05) is 16.6 Å². The van der Waals surface area contributed by atoms with Crippen molar-refractivity contribution in [2.24, 2.45) is 5.41 Å². The third-order valence-corrected chi connectivity index (χ3v) is 4.87. The molecule has 0 aromatic heterocycles. The van der Waals surface area contributed by atoms with E-state index in [-0.39, 0.29) is 23.4 Å². The Bertz CT molecular complexity index is 586. The van der Waals surface area contributed by atoms with Crippen LogP contribution in [0.25, 0.3) is 0 Å². The van der Waals surface area contributed by atoms with Crippen LogP contribution in [0.4, 0.5) is 5.69 Å². The molecular formula is C18H25N3OS. The van der Waals surface area contributed by atoms with Crippen molar-refractivity contribution < 1.29 is 4.79 Å². The molecule has 1 aliphatic heterocycles. The van der Waals surface area contributed by atoms with Crippen LogP contribution in [-0.4, -0.2) is 29.1 Å². The second-order valence-electron chi connectivity index (χ2n) is 7.24. The molecule has 2 unspecified atom stereocenters. The zero-order valence-corrected chi connectivity index (χ0v) is 15.1. The Morgan fingerprint density at radius 1 is 1.35 bits per heavy atom. The number of nitrogens with one attached hydrogen (secondary N) is 1. The molecule has 1 heterocycles. The Hall–Kier alpha value is -1.67. The van der Waals surface area contributed by atoms with Gasteiger partial charge in [-0.1, -0.05) is 20.8 Å². The molecule has 1 fully saturated rings. The van der Waals surface area contributed by atoms with Gasteiger partial charge in [0.25, 0.3) is 0 Å². The van der Waals surface area contributed by atoms with E-state index in [1.165, 1.54) is 0 Å². The Labute approximate surface area is 143 Å². The highest BCUT2D eigenvalue weighted by molar-refractivity contribution is 7.98. The van der Waals surface area contributed by atoms with Gasteiger partial charge in [-0.25, -0.2) is 0 Å². The fourth-order valence-corrected chi connectivity index (χ4v) is 3.51. The maximum Gasteiger partial charge on any atom is 0.247 e. The van der Waals surface area contributed by atoms with E-state index in [1.807, 2.05) is 30.5 Å². The number of anilines is 1. The predicted octanol–water partition coefficient (Wildman–Crippen LogP) is 4.10. The topological polar surface area (TPSA) is 56.1 Å². The number of nitriles is 1. The largest absolute Gasteiger partial charge is 0.324 e. The first-order valence-corrected chi connectivity index (χ1v) is 9.19. The smallest absolute Gasteiger partial charge is 0.247 e. The highest BCUT2D eigenvalue weighted by Gasteiger charge is 2.38. The summed E-state index contributed by atoms with van der Waals surface area (Å²) < 4.78 is 0. The molecule has 0 saturated carbocycles. The van der Waals surface area contributed by atoms with E-state index in [1.54, 1.807) is 16.7 Å². The van der Waals surface area contributed by atoms with E-state index in [4.69, 9.17) is 0 Å². The van der Waals surface area contributed by atoms with Crippen molar-refractivity contribution in [3.05, 3.63) is 24.3 Å². The molecule has 4 nitrogen and oxygen atoms in total. The summed E-state index contributed by atoms with van der Waals surface area (Å²) in [6, 6.07) is 7.59. The lowest BCUT2D eigenvalue weighted by molar-refractivity contribution is -0.119. The molecule has 1 saturated heterocycles. The number of likely N-dealkylation sites (tertiary alicyclic amines) is 1. The number of thioether (sulfide) groups is 1. The maximum absolute atomic E-state index is 12.5. The van der Waals surface area contributed by atoms with Crippen molar-refractivity contribution >= 4 is 23.4 Å². The third-order valence-electron chi connectivity index (χ3n) is 4.13. The second kappa shape index (κ2) is 7.27. The van der Waals surface area contributed by atoms with Crippen LogP contribution in [0.15, 0.2) is 29.2 Å². The minimum atomic E-state index is -0.354. The average Bonchev–Trinajstić information content (AvgIpc) is 2.88. The standard InChI is InChI=1S/C18H25N3OS/c1-18(2,3)11-14-7-10-16(21(14)12-19)17(22)20-13-5-8-15(23-4)9-6-13/h5-6,8-9,14,16H,7,10-11H2,1-4H3,(H,20,22). The van der Waals surface area contributed by atoms with Crippen LogP contribution in [-0.2, 0) is 4.79 Å². The summed E-state index contributed by atoms with van der Waals surface area (Å²) in [5.41, 5.74) is 0.934. The molecule has 1 aromatic carbocycles. The third kappa shape index (κ3) is 4.65. The molecule has 0 aliphatic carbocycles. The zero-order chi connectivity index (χ0) is 17.0. The molecule has 1 N–H and O–H groups in total. The van der Waals surface area contributed by atoms with Gasteiger partial charge >= 0.3 is 0 Å². The van der Waals surface area contributed by atoms with Crippen LogP contribution in [0.1, 0.15) is 40.0 Å². The van der Waals surface area contributed by atoms with E-state index >= 15 is 0 Å². The van der Waals surface area contributed by atoms with Gasteiger partial charge in [0.15, 0.2) is 6.19 Å². The summed E-state index contributed by atoms with van der Waals surface area (Å²) >= 11 is 1.67. The number of benzene rings is 1. The molecular weight excluding hydrogens is 306 g/mol. The molecule has 23 heavy (non-hydrogen) atoms.